The molecule has 1 aliphatic heterocycles. The number of amides is 1. The Hall–Kier alpha value is -4.17. The molecule has 0 bridgehead atoms. The number of halogens is 1. The Kier molecular flexibility index (Phi) is 6.08. The van der Waals surface area contributed by atoms with Gasteiger partial charge in [0.2, 0.25) is 0 Å². The van der Waals surface area contributed by atoms with Gasteiger partial charge in [0.15, 0.2) is 0 Å². The number of ether oxygens (including phenoxy) is 1. The molecule has 1 heterocycles. The van der Waals surface area contributed by atoms with E-state index < -0.39 is 28.4 Å². The predicted molar refractivity (Wildman–Crippen MR) is 127 cm³/mol. The number of aliphatic hydroxyl groups excluding tert-OH is 1. The summed E-state index contributed by atoms with van der Waals surface area (Å²) in [5, 5.41) is 22.5. The fourth-order valence-corrected chi connectivity index (χ4v) is 4.09. The second-order valence-corrected chi connectivity index (χ2v) is 8.06. The van der Waals surface area contributed by atoms with Crippen LogP contribution in [-0.4, -0.2) is 28.8 Å². The maximum atomic E-state index is 13.2. The zero-order valence-corrected chi connectivity index (χ0v) is 18.9. The first-order valence-corrected chi connectivity index (χ1v) is 10.6. The number of para-hydroxylation sites is 1. The number of methoxy groups -OCH3 is 1. The lowest BCUT2D eigenvalue weighted by Gasteiger charge is -2.27. The van der Waals surface area contributed by atoms with Crippen LogP contribution in [0.5, 0.6) is 5.75 Å². The van der Waals surface area contributed by atoms with Gasteiger partial charge in [-0.15, -0.1) is 0 Å². The molecule has 1 fully saturated rings. The van der Waals surface area contributed by atoms with Gasteiger partial charge in [0.05, 0.1) is 23.6 Å². The standard InChI is InChI=1S/C25H19ClN2O6/c1-14-7-10-17(13-19(14)26)27-22(18-5-3-4-6-20(18)34-2)21(24(30)25(27)31)23(29)15-8-11-16(12-9-15)28(32)33/h3-13,22,29H,1-2H3/b23-21+. The number of carbonyl (C=O) groups excluding carboxylic acids is 2. The number of carbonyl (C=O) groups is 2. The van der Waals surface area contributed by atoms with Gasteiger partial charge in [-0.2, -0.15) is 0 Å². The fraction of sp³-hybridized carbons (Fsp3) is 0.120. The monoisotopic (exact) mass is 478 g/mol. The van der Waals surface area contributed by atoms with Gasteiger partial charge in [-0.25, -0.2) is 0 Å². The van der Waals surface area contributed by atoms with E-state index in [0.717, 1.165) is 5.56 Å². The van der Waals surface area contributed by atoms with Gasteiger partial charge in [0.25, 0.3) is 17.4 Å². The van der Waals surface area contributed by atoms with Gasteiger partial charge in [0.1, 0.15) is 11.5 Å². The molecule has 0 aliphatic carbocycles. The van der Waals surface area contributed by atoms with Crippen LogP contribution < -0.4 is 9.64 Å². The molecule has 1 amide bonds. The number of hydrogen-bond acceptors (Lipinski definition) is 6. The van der Waals surface area contributed by atoms with Crippen LogP contribution in [0.25, 0.3) is 5.76 Å². The molecule has 0 aromatic heterocycles. The molecule has 1 saturated heterocycles. The summed E-state index contributed by atoms with van der Waals surface area (Å²) in [7, 11) is 1.46. The Morgan fingerprint density at radius 2 is 1.76 bits per heavy atom. The summed E-state index contributed by atoms with van der Waals surface area (Å²) >= 11 is 6.30. The number of non-ortho nitro benzene ring substituents is 1. The quantitative estimate of drug-likeness (QED) is 0.177. The van der Waals surface area contributed by atoms with Crippen molar-refractivity contribution in [3.05, 3.63) is 104 Å². The van der Waals surface area contributed by atoms with Crippen LogP contribution in [0.15, 0.2) is 72.3 Å². The summed E-state index contributed by atoms with van der Waals surface area (Å²) in [4.78, 5) is 38.1. The molecule has 0 spiro atoms. The Balaban J connectivity index is 1.96. The fourth-order valence-electron chi connectivity index (χ4n) is 3.91. The molecule has 172 valence electrons. The molecule has 1 aliphatic rings. The Morgan fingerprint density at radius 3 is 2.38 bits per heavy atom. The van der Waals surface area contributed by atoms with Crippen molar-refractivity contribution in [3.8, 4) is 5.75 Å². The Morgan fingerprint density at radius 1 is 1.09 bits per heavy atom. The van der Waals surface area contributed by atoms with Gasteiger partial charge in [-0.1, -0.05) is 35.9 Å². The van der Waals surface area contributed by atoms with Crippen LogP contribution in [0.3, 0.4) is 0 Å². The third-order valence-corrected chi connectivity index (χ3v) is 6.07. The van der Waals surface area contributed by atoms with Crippen molar-refractivity contribution in [1.82, 2.24) is 0 Å². The van der Waals surface area contributed by atoms with Crippen molar-refractivity contribution in [3.63, 3.8) is 0 Å². The summed E-state index contributed by atoms with van der Waals surface area (Å²) in [5.74, 6) is -1.79. The van der Waals surface area contributed by atoms with Crippen LogP contribution in [0.4, 0.5) is 11.4 Å². The van der Waals surface area contributed by atoms with Crippen LogP contribution in [0, 0.1) is 17.0 Å². The van der Waals surface area contributed by atoms with Crippen LogP contribution in [-0.2, 0) is 9.59 Å². The van der Waals surface area contributed by atoms with Crippen molar-refractivity contribution >= 4 is 40.4 Å². The van der Waals surface area contributed by atoms with Crippen molar-refractivity contribution in [2.24, 2.45) is 0 Å². The molecule has 8 nitrogen and oxygen atoms in total. The van der Waals surface area contributed by atoms with E-state index >= 15 is 0 Å². The number of aliphatic hydroxyl groups is 1. The van der Waals surface area contributed by atoms with E-state index in [9.17, 15) is 24.8 Å². The predicted octanol–water partition coefficient (Wildman–Crippen LogP) is 5.19. The normalized spacial score (nSPS) is 17.1. The number of nitro benzene ring substituents is 1. The van der Waals surface area contributed by atoms with Crippen molar-refractivity contribution < 1.29 is 24.4 Å². The minimum atomic E-state index is -1.02. The highest BCUT2D eigenvalue weighted by molar-refractivity contribution is 6.52. The van der Waals surface area contributed by atoms with E-state index in [4.69, 9.17) is 16.3 Å². The molecule has 3 aromatic carbocycles. The lowest BCUT2D eigenvalue weighted by molar-refractivity contribution is -0.384. The molecule has 0 saturated carbocycles. The van der Waals surface area contributed by atoms with Gasteiger partial charge in [-0.3, -0.25) is 24.6 Å². The lowest BCUT2D eigenvalue weighted by atomic mass is 9.94. The first-order chi connectivity index (χ1) is 16.2. The number of aryl methyl sites for hydroxylation is 1. The van der Waals surface area contributed by atoms with Crippen LogP contribution in [0.2, 0.25) is 5.02 Å². The van der Waals surface area contributed by atoms with E-state index in [0.29, 0.717) is 22.0 Å². The van der Waals surface area contributed by atoms with Gasteiger partial charge in [-0.05, 0) is 42.8 Å². The first-order valence-electron chi connectivity index (χ1n) is 10.2. The molecule has 4 rings (SSSR count). The molecule has 1 unspecified atom stereocenters. The summed E-state index contributed by atoms with van der Waals surface area (Å²) in [6.45, 7) is 1.81. The molecular weight excluding hydrogens is 460 g/mol. The van der Waals surface area contributed by atoms with Gasteiger partial charge < -0.3 is 9.84 Å². The lowest BCUT2D eigenvalue weighted by Crippen LogP contribution is -2.29. The minimum Gasteiger partial charge on any atom is -0.507 e. The van der Waals surface area contributed by atoms with Crippen molar-refractivity contribution in [1.29, 1.82) is 0 Å². The number of ketones is 1. The molecule has 34 heavy (non-hydrogen) atoms. The first kappa shape index (κ1) is 23.0. The highest BCUT2D eigenvalue weighted by atomic mass is 35.5. The van der Waals surface area contributed by atoms with E-state index in [2.05, 4.69) is 0 Å². The zero-order valence-electron chi connectivity index (χ0n) is 18.2. The number of Topliss-reactive ketones (excluding diaryl/α,β-unsaturated/α-hetero) is 1. The summed E-state index contributed by atoms with van der Waals surface area (Å²) in [6, 6.07) is 15.9. The summed E-state index contributed by atoms with van der Waals surface area (Å²) in [6.07, 6.45) is 0. The van der Waals surface area contributed by atoms with Crippen LogP contribution >= 0.6 is 11.6 Å². The van der Waals surface area contributed by atoms with Crippen molar-refractivity contribution in [2.45, 2.75) is 13.0 Å². The SMILES string of the molecule is COc1ccccc1C1/C(=C(\O)c2ccc([N+](=O)[O-])cc2)C(=O)C(=O)N1c1ccc(C)c(Cl)c1. The number of rotatable bonds is 5. The maximum Gasteiger partial charge on any atom is 0.300 e. The van der Waals surface area contributed by atoms with E-state index in [-0.39, 0.29) is 16.8 Å². The zero-order chi connectivity index (χ0) is 24.6. The second kappa shape index (κ2) is 8.99. The van der Waals surface area contributed by atoms with E-state index in [1.54, 1.807) is 42.5 Å². The van der Waals surface area contributed by atoms with Gasteiger partial charge in [0, 0.05) is 34.0 Å². The number of benzene rings is 3. The second-order valence-electron chi connectivity index (χ2n) is 7.65. The highest BCUT2D eigenvalue weighted by Crippen LogP contribution is 2.45. The molecule has 9 heteroatoms. The van der Waals surface area contributed by atoms with E-state index in [1.165, 1.54) is 36.3 Å². The third kappa shape index (κ3) is 3.88. The van der Waals surface area contributed by atoms with Crippen molar-refractivity contribution in [2.75, 3.05) is 12.0 Å². The van der Waals surface area contributed by atoms with Gasteiger partial charge >= 0.3 is 0 Å². The molecule has 1 atom stereocenters. The number of hydrogen-bond donors (Lipinski definition) is 1. The molecule has 0 radical (unpaired) electrons. The van der Waals surface area contributed by atoms with E-state index in [1.807, 2.05) is 6.92 Å². The Bertz CT molecular complexity index is 1350. The average molecular weight is 479 g/mol. The molecular formula is C25H19ClN2O6. The number of nitro groups is 1. The number of nitrogens with zero attached hydrogens (tertiary/aromatic N) is 2. The minimum absolute atomic E-state index is 0.158. The number of anilines is 1. The smallest absolute Gasteiger partial charge is 0.300 e. The summed E-state index contributed by atoms with van der Waals surface area (Å²) < 4.78 is 5.48. The van der Waals surface area contributed by atoms with Crippen LogP contribution in [0.1, 0.15) is 22.7 Å². The third-order valence-electron chi connectivity index (χ3n) is 5.66. The Labute approximate surface area is 199 Å². The molecule has 3 aromatic rings. The average Bonchev–Trinajstić information content (AvgIpc) is 3.10. The molecule has 1 N–H and O–H groups in total. The summed E-state index contributed by atoms with van der Waals surface area (Å²) in [5.41, 5.74) is 1.46. The topological polar surface area (TPSA) is 110 Å². The maximum absolute atomic E-state index is 13.2. The highest BCUT2D eigenvalue weighted by Gasteiger charge is 2.48. The largest absolute Gasteiger partial charge is 0.507 e.